The van der Waals surface area contributed by atoms with Gasteiger partial charge in [0.25, 0.3) is 11.5 Å². The third-order valence-electron chi connectivity index (χ3n) is 5.56. The van der Waals surface area contributed by atoms with E-state index in [1.807, 2.05) is 4.90 Å². The molecule has 1 saturated carbocycles. The normalized spacial score (nSPS) is 23.9. The van der Waals surface area contributed by atoms with E-state index in [1.54, 1.807) is 18.2 Å². The summed E-state index contributed by atoms with van der Waals surface area (Å²) in [6, 6.07) is 5.18. The summed E-state index contributed by atoms with van der Waals surface area (Å²) in [5.74, 6) is 1.51. The smallest absolute Gasteiger partial charge is 0.259 e. The number of H-pyrrole nitrogens is 2. The molecule has 2 aromatic rings. The van der Waals surface area contributed by atoms with Crippen LogP contribution in [0.25, 0.3) is 10.9 Å². The maximum atomic E-state index is 12.9. The zero-order valence-corrected chi connectivity index (χ0v) is 14.3. The van der Waals surface area contributed by atoms with E-state index < -0.39 is 0 Å². The quantitative estimate of drug-likeness (QED) is 0.781. The van der Waals surface area contributed by atoms with Crippen LogP contribution < -0.4 is 5.56 Å². The van der Waals surface area contributed by atoms with E-state index in [2.05, 4.69) is 9.97 Å². The van der Waals surface area contributed by atoms with Crippen LogP contribution in [0.1, 0.15) is 42.5 Å². The fourth-order valence-corrected chi connectivity index (χ4v) is 4.47. The van der Waals surface area contributed by atoms with Gasteiger partial charge in [-0.25, -0.2) is 0 Å². The van der Waals surface area contributed by atoms with Gasteiger partial charge in [-0.15, -0.1) is 0 Å². The SMILES string of the molecule is O=C(c1ccc2c(=O)[nH]c(=S)[nH]c2c1)N1CC[C@@H]2CCCC[C@H]2C1. The van der Waals surface area contributed by atoms with Crippen LogP contribution in [0, 0.1) is 16.6 Å². The summed E-state index contributed by atoms with van der Waals surface area (Å²) in [5.41, 5.74) is 1.01. The molecule has 1 aliphatic carbocycles. The second kappa shape index (κ2) is 6.16. The van der Waals surface area contributed by atoms with Gasteiger partial charge in [-0.1, -0.05) is 19.3 Å². The highest BCUT2D eigenvalue weighted by atomic mass is 32.1. The van der Waals surface area contributed by atoms with Crippen molar-refractivity contribution in [3.8, 4) is 0 Å². The van der Waals surface area contributed by atoms with Gasteiger partial charge >= 0.3 is 0 Å². The fourth-order valence-electron chi connectivity index (χ4n) is 4.27. The predicted octanol–water partition coefficient (Wildman–Crippen LogP) is 3.24. The lowest BCUT2D eigenvalue weighted by Gasteiger charge is -2.41. The number of carbonyl (C=O) groups excluding carboxylic acids is 1. The van der Waals surface area contributed by atoms with Crippen molar-refractivity contribution in [3.63, 3.8) is 0 Å². The molecule has 1 saturated heterocycles. The van der Waals surface area contributed by atoms with Gasteiger partial charge in [0.1, 0.15) is 0 Å². The molecule has 2 atom stereocenters. The Morgan fingerprint density at radius 2 is 1.92 bits per heavy atom. The van der Waals surface area contributed by atoms with Crippen molar-refractivity contribution in [2.24, 2.45) is 11.8 Å². The number of nitrogens with zero attached hydrogens (tertiary/aromatic N) is 1. The number of hydrogen-bond acceptors (Lipinski definition) is 3. The molecule has 6 heteroatoms. The molecule has 0 spiro atoms. The highest BCUT2D eigenvalue weighted by molar-refractivity contribution is 7.71. The molecule has 0 bridgehead atoms. The average Bonchev–Trinajstić information content (AvgIpc) is 2.60. The highest BCUT2D eigenvalue weighted by Gasteiger charge is 2.33. The number of likely N-dealkylation sites (tertiary alicyclic amines) is 1. The maximum absolute atomic E-state index is 12.9. The number of benzene rings is 1. The maximum Gasteiger partial charge on any atom is 0.259 e. The van der Waals surface area contributed by atoms with E-state index in [0.29, 0.717) is 22.4 Å². The first-order valence-electron chi connectivity index (χ1n) is 8.67. The van der Waals surface area contributed by atoms with Gasteiger partial charge in [-0.3, -0.25) is 14.6 Å². The van der Waals surface area contributed by atoms with Crippen molar-refractivity contribution in [2.45, 2.75) is 32.1 Å². The van der Waals surface area contributed by atoms with E-state index in [1.165, 1.54) is 25.7 Å². The predicted molar refractivity (Wildman–Crippen MR) is 95.7 cm³/mol. The minimum absolute atomic E-state index is 0.0560. The Hall–Kier alpha value is -1.95. The number of piperidine rings is 1. The summed E-state index contributed by atoms with van der Waals surface area (Å²) in [6.45, 7) is 1.70. The van der Waals surface area contributed by atoms with Gasteiger partial charge in [-0.05, 0) is 55.1 Å². The minimum atomic E-state index is -0.226. The van der Waals surface area contributed by atoms with Crippen LogP contribution in [0.15, 0.2) is 23.0 Å². The molecule has 5 nitrogen and oxygen atoms in total. The van der Waals surface area contributed by atoms with Crippen molar-refractivity contribution < 1.29 is 4.79 Å². The first kappa shape index (κ1) is 15.6. The monoisotopic (exact) mass is 343 g/mol. The van der Waals surface area contributed by atoms with Crippen LogP contribution >= 0.6 is 12.2 Å². The lowest BCUT2D eigenvalue weighted by molar-refractivity contribution is 0.0521. The van der Waals surface area contributed by atoms with Crippen molar-refractivity contribution in [1.29, 1.82) is 0 Å². The van der Waals surface area contributed by atoms with Gasteiger partial charge < -0.3 is 9.88 Å². The first-order chi connectivity index (χ1) is 11.6. The van der Waals surface area contributed by atoms with Crippen LogP contribution in [0.5, 0.6) is 0 Å². The number of fused-ring (bicyclic) bond motifs is 2. The third-order valence-corrected chi connectivity index (χ3v) is 5.77. The minimum Gasteiger partial charge on any atom is -0.338 e. The van der Waals surface area contributed by atoms with E-state index in [9.17, 15) is 9.59 Å². The first-order valence-corrected chi connectivity index (χ1v) is 9.08. The standard InChI is InChI=1S/C18H21N3O2S/c22-16-14-6-5-12(9-15(14)19-18(24)20-16)17(23)21-8-7-11-3-1-2-4-13(11)10-21/h5-6,9,11,13H,1-4,7-8,10H2,(H2,19,20,22,24)/t11-,13-/m0/s1. The van der Waals surface area contributed by atoms with Crippen LogP contribution in [0.3, 0.4) is 0 Å². The Balaban J connectivity index is 1.61. The van der Waals surface area contributed by atoms with Gasteiger partial charge in [0.05, 0.1) is 10.9 Å². The molecule has 126 valence electrons. The van der Waals surface area contributed by atoms with Crippen molar-refractivity contribution >= 4 is 29.0 Å². The summed E-state index contributed by atoms with van der Waals surface area (Å²) >= 11 is 5.02. The fraction of sp³-hybridized carbons (Fsp3) is 0.500. The topological polar surface area (TPSA) is 69.0 Å². The van der Waals surface area contributed by atoms with Gasteiger partial charge in [0.15, 0.2) is 4.77 Å². The molecule has 2 fully saturated rings. The van der Waals surface area contributed by atoms with Crippen molar-refractivity contribution in [2.75, 3.05) is 13.1 Å². The summed E-state index contributed by atoms with van der Waals surface area (Å²) < 4.78 is 0.278. The Morgan fingerprint density at radius 3 is 2.75 bits per heavy atom. The van der Waals surface area contributed by atoms with Crippen LogP contribution in [0.4, 0.5) is 0 Å². The number of nitrogens with one attached hydrogen (secondary N) is 2. The summed E-state index contributed by atoms with van der Waals surface area (Å²) in [4.78, 5) is 32.3. The molecular formula is C18H21N3O2S. The molecule has 0 unspecified atom stereocenters. The van der Waals surface area contributed by atoms with Gasteiger partial charge in [0, 0.05) is 18.7 Å². The second-order valence-electron chi connectivity index (χ2n) is 7.01. The summed E-state index contributed by atoms with van der Waals surface area (Å²) in [5, 5.41) is 0.520. The molecule has 2 N–H and O–H groups in total. The Bertz CT molecular complexity index is 901. The molecule has 0 radical (unpaired) electrons. The zero-order valence-electron chi connectivity index (χ0n) is 13.5. The number of carbonyl (C=O) groups is 1. The van der Waals surface area contributed by atoms with E-state index >= 15 is 0 Å². The largest absolute Gasteiger partial charge is 0.338 e. The Kier molecular flexibility index (Phi) is 4.00. The number of aromatic amines is 2. The van der Waals surface area contributed by atoms with Crippen LogP contribution in [0.2, 0.25) is 0 Å². The van der Waals surface area contributed by atoms with Crippen LogP contribution in [-0.2, 0) is 0 Å². The molecule has 1 aromatic carbocycles. The molecule has 1 aromatic heterocycles. The van der Waals surface area contributed by atoms with E-state index in [4.69, 9.17) is 12.2 Å². The number of rotatable bonds is 1. The molecule has 2 aliphatic rings. The van der Waals surface area contributed by atoms with Gasteiger partial charge in [-0.2, -0.15) is 0 Å². The Labute approximate surface area is 145 Å². The van der Waals surface area contributed by atoms with Gasteiger partial charge in [0.2, 0.25) is 0 Å². The number of aromatic nitrogens is 2. The van der Waals surface area contributed by atoms with Crippen LogP contribution in [-0.4, -0.2) is 33.9 Å². The summed E-state index contributed by atoms with van der Waals surface area (Å²) in [7, 11) is 0. The van der Waals surface area contributed by atoms with E-state index in [-0.39, 0.29) is 16.2 Å². The third kappa shape index (κ3) is 2.79. The second-order valence-corrected chi connectivity index (χ2v) is 7.42. The van der Waals surface area contributed by atoms with Crippen molar-refractivity contribution in [1.82, 2.24) is 14.9 Å². The number of amides is 1. The molecule has 1 amide bonds. The number of hydrogen-bond donors (Lipinski definition) is 2. The zero-order chi connectivity index (χ0) is 16.7. The van der Waals surface area contributed by atoms with Crippen molar-refractivity contribution in [3.05, 3.63) is 38.9 Å². The molecule has 2 heterocycles. The Morgan fingerprint density at radius 1 is 1.12 bits per heavy atom. The molecule has 4 rings (SSSR count). The average molecular weight is 343 g/mol. The molecular weight excluding hydrogens is 322 g/mol. The lowest BCUT2D eigenvalue weighted by atomic mass is 9.75. The molecule has 1 aliphatic heterocycles. The van der Waals surface area contributed by atoms with E-state index in [0.717, 1.165) is 25.4 Å². The summed E-state index contributed by atoms with van der Waals surface area (Å²) in [6.07, 6.45) is 6.31. The molecule has 24 heavy (non-hydrogen) atoms. The highest BCUT2D eigenvalue weighted by Crippen LogP contribution is 2.36. The lowest BCUT2D eigenvalue weighted by Crippen LogP contribution is -2.44.